The molecule has 1 aliphatic rings. The average molecular weight is 356 g/mol. The van der Waals surface area contributed by atoms with Gasteiger partial charge in [0, 0.05) is 16.4 Å². The molecule has 1 fully saturated rings. The first-order chi connectivity index (χ1) is 10.1. The Labute approximate surface area is 136 Å². The van der Waals surface area contributed by atoms with Gasteiger partial charge in [-0.2, -0.15) is 0 Å². The van der Waals surface area contributed by atoms with Crippen LogP contribution >= 0.6 is 15.9 Å². The standard InChI is InChI=1S/C17H26BrNO2/c1-21-13-7-8-15(18)14(11-13)16(20)17(12-19)9-5-3-2-4-6-10-17/h7-8,11,16,20H,2-6,9-10,12,19H2,1H3. The first-order valence-electron chi connectivity index (χ1n) is 7.84. The minimum Gasteiger partial charge on any atom is -0.497 e. The van der Waals surface area contributed by atoms with Gasteiger partial charge in [-0.25, -0.2) is 0 Å². The first kappa shape index (κ1) is 16.8. The maximum Gasteiger partial charge on any atom is 0.119 e. The summed E-state index contributed by atoms with van der Waals surface area (Å²) in [5.74, 6) is 0.769. The second-order valence-corrected chi connectivity index (χ2v) is 6.98. The minimum absolute atomic E-state index is 0.213. The average Bonchev–Trinajstić information content (AvgIpc) is 2.48. The van der Waals surface area contributed by atoms with Gasteiger partial charge < -0.3 is 15.6 Å². The lowest BCUT2D eigenvalue weighted by Crippen LogP contribution is -2.37. The van der Waals surface area contributed by atoms with Crippen molar-refractivity contribution in [3.05, 3.63) is 28.2 Å². The van der Waals surface area contributed by atoms with Crippen molar-refractivity contribution in [2.24, 2.45) is 11.1 Å². The third-order valence-corrected chi connectivity index (χ3v) is 5.56. The predicted octanol–water partition coefficient (Wildman–Crippen LogP) is 4.18. The molecule has 1 saturated carbocycles. The Morgan fingerprint density at radius 2 is 1.86 bits per heavy atom. The van der Waals surface area contributed by atoms with E-state index >= 15 is 0 Å². The van der Waals surface area contributed by atoms with Crippen LogP contribution in [0.25, 0.3) is 0 Å². The van der Waals surface area contributed by atoms with Gasteiger partial charge >= 0.3 is 0 Å². The van der Waals surface area contributed by atoms with Crippen LogP contribution < -0.4 is 10.5 Å². The zero-order chi connectivity index (χ0) is 15.3. The van der Waals surface area contributed by atoms with Gasteiger partial charge in [-0.15, -0.1) is 0 Å². The lowest BCUT2D eigenvalue weighted by atomic mass is 9.70. The number of hydrogen-bond donors (Lipinski definition) is 2. The highest BCUT2D eigenvalue weighted by Crippen LogP contribution is 2.46. The van der Waals surface area contributed by atoms with Gasteiger partial charge in [-0.1, -0.05) is 48.0 Å². The van der Waals surface area contributed by atoms with Gasteiger partial charge in [0.2, 0.25) is 0 Å². The van der Waals surface area contributed by atoms with Crippen molar-refractivity contribution in [2.45, 2.75) is 51.0 Å². The molecular weight excluding hydrogens is 330 g/mol. The molecule has 0 radical (unpaired) electrons. The molecule has 0 bridgehead atoms. The molecule has 1 atom stereocenters. The quantitative estimate of drug-likeness (QED) is 0.851. The van der Waals surface area contributed by atoms with Crippen LogP contribution in [-0.4, -0.2) is 18.8 Å². The summed E-state index contributed by atoms with van der Waals surface area (Å²) in [6.07, 6.45) is 7.53. The molecule has 4 heteroatoms. The first-order valence-corrected chi connectivity index (χ1v) is 8.64. The molecule has 1 aromatic rings. The number of nitrogens with two attached hydrogens (primary N) is 1. The van der Waals surface area contributed by atoms with Gasteiger partial charge in [0.1, 0.15) is 5.75 Å². The molecule has 21 heavy (non-hydrogen) atoms. The number of benzene rings is 1. The monoisotopic (exact) mass is 355 g/mol. The van der Waals surface area contributed by atoms with Crippen LogP contribution in [0, 0.1) is 5.41 Å². The molecule has 0 heterocycles. The highest BCUT2D eigenvalue weighted by atomic mass is 79.9. The van der Waals surface area contributed by atoms with Crippen LogP contribution in [0.15, 0.2) is 22.7 Å². The number of rotatable bonds is 4. The van der Waals surface area contributed by atoms with Gasteiger partial charge in [0.25, 0.3) is 0 Å². The SMILES string of the molecule is COc1ccc(Br)c(C(O)C2(CN)CCCCCCC2)c1. The minimum atomic E-state index is -0.551. The smallest absolute Gasteiger partial charge is 0.119 e. The van der Waals surface area contributed by atoms with Gasteiger partial charge in [-0.3, -0.25) is 0 Å². The molecule has 1 aliphatic carbocycles. The molecule has 1 unspecified atom stereocenters. The number of aliphatic hydroxyl groups is 1. The summed E-state index contributed by atoms with van der Waals surface area (Å²) in [6, 6.07) is 5.75. The van der Waals surface area contributed by atoms with Crippen LogP contribution in [0.3, 0.4) is 0 Å². The third kappa shape index (κ3) is 3.79. The molecule has 0 spiro atoms. The second-order valence-electron chi connectivity index (χ2n) is 6.12. The molecule has 0 aliphatic heterocycles. The summed E-state index contributed by atoms with van der Waals surface area (Å²) in [6.45, 7) is 0.526. The summed E-state index contributed by atoms with van der Waals surface area (Å²) in [4.78, 5) is 0. The van der Waals surface area contributed by atoms with E-state index in [1.165, 1.54) is 19.3 Å². The molecule has 0 saturated heterocycles. The topological polar surface area (TPSA) is 55.5 Å². The van der Waals surface area contributed by atoms with E-state index in [1.807, 2.05) is 18.2 Å². The lowest BCUT2D eigenvalue weighted by molar-refractivity contribution is 0.00788. The van der Waals surface area contributed by atoms with Crippen molar-refractivity contribution in [3.8, 4) is 5.75 Å². The number of methoxy groups -OCH3 is 1. The maximum absolute atomic E-state index is 11.0. The Kier molecular flexibility index (Phi) is 6.08. The van der Waals surface area contributed by atoms with Gasteiger partial charge in [0.15, 0.2) is 0 Å². The normalized spacial score (nSPS) is 20.4. The largest absolute Gasteiger partial charge is 0.497 e. The van der Waals surface area contributed by atoms with Crippen LogP contribution in [0.4, 0.5) is 0 Å². The fourth-order valence-electron chi connectivity index (χ4n) is 3.39. The highest BCUT2D eigenvalue weighted by molar-refractivity contribution is 9.10. The molecule has 2 rings (SSSR count). The number of ether oxygens (including phenoxy) is 1. The molecule has 3 nitrogen and oxygen atoms in total. The van der Waals surface area contributed by atoms with Crippen molar-refractivity contribution >= 4 is 15.9 Å². The summed E-state index contributed by atoms with van der Waals surface area (Å²) >= 11 is 3.56. The van der Waals surface area contributed by atoms with Crippen LogP contribution in [-0.2, 0) is 0 Å². The summed E-state index contributed by atoms with van der Waals surface area (Å²) in [5.41, 5.74) is 6.79. The van der Waals surface area contributed by atoms with Crippen molar-refractivity contribution in [1.82, 2.24) is 0 Å². The highest BCUT2D eigenvalue weighted by Gasteiger charge is 2.38. The fraction of sp³-hybridized carbons (Fsp3) is 0.647. The Hall–Kier alpha value is -0.580. The second kappa shape index (κ2) is 7.61. The number of halogens is 1. The van der Waals surface area contributed by atoms with Crippen LogP contribution in [0.2, 0.25) is 0 Å². The van der Waals surface area contributed by atoms with Gasteiger partial charge in [0.05, 0.1) is 13.2 Å². The maximum atomic E-state index is 11.0. The van der Waals surface area contributed by atoms with Crippen LogP contribution in [0.5, 0.6) is 5.75 Å². The van der Waals surface area contributed by atoms with E-state index < -0.39 is 6.10 Å². The van der Waals surface area contributed by atoms with Crippen molar-refractivity contribution in [1.29, 1.82) is 0 Å². The molecule has 0 amide bonds. The zero-order valence-corrected chi connectivity index (χ0v) is 14.4. The van der Waals surface area contributed by atoms with E-state index in [4.69, 9.17) is 10.5 Å². The van der Waals surface area contributed by atoms with E-state index in [-0.39, 0.29) is 5.41 Å². The van der Waals surface area contributed by atoms with Gasteiger partial charge in [-0.05, 0) is 36.6 Å². The zero-order valence-electron chi connectivity index (χ0n) is 12.8. The van der Waals surface area contributed by atoms with Crippen molar-refractivity contribution < 1.29 is 9.84 Å². The number of hydrogen-bond acceptors (Lipinski definition) is 3. The molecule has 1 aromatic carbocycles. The van der Waals surface area contributed by atoms with E-state index in [2.05, 4.69) is 15.9 Å². The number of aliphatic hydroxyl groups excluding tert-OH is 1. The fourth-order valence-corrected chi connectivity index (χ4v) is 3.85. The molecule has 3 N–H and O–H groups in total. The Bertz CT molecular complexity index is 456. The Balaban J connectivity index is 2.31. The Morgan fingerprint density at radius 3 is 2.43 bits per heavy atom. The molecular formula is C17H26BrNO2. The Morgan fingerprint density at radius 1 is 1.24 bits per heavy atom. The van der Waals surface area contributed by atoms with E-state index in [9.17, 15) is 5.11 Å². The van der Waals surface area contributed by atoms with Crippen LogP contribution in [0.1, 0.15) is 56.6 Å². The lowest BCUT2D eigenvalue weighted by Gasteiger charge is -2.39. The summed E-state index contributed by atoms with van der Waals surface area (Å²) in [7, 11) is 1.65. The van der Waals surface area contributed by atoms with Crippen molar-refractivity contribution in [2.75, 3.05) is 13.7 Å². The summed E-state index contributed by atoms with van der Waals surface area (Å²) < 4.78 is 6.22. The molecule has 118 valence electrons. The van der Waals surface area contributed by atoms with Crippen molar-refractivity contribution in [3.63, 3.8) is 0 Å². The third-order valence-electron chi connectivity index (χ3n) is 4.83. The van der Waals surface area contributed by atoms with E-state index in [1.54, 1.807) is 7.11 Å². The summed E-state index contributed by atoms with van der Waals surface area (Å²) in [5, 5.41) is 11.0. The predicted molar refractivity (Wildman–Crippen MR) is 89.5 cm³/mol. The van der Waals surface area contributed by atoms with E-state index in [0.29, 0.717) is 6.54 Å². The molecule has 0 aromatic heterocycles. The van der Waals surface area contributed by atoms with E-state index in [0.717, 1.165) is 41.5 Å².